The molecule has 3 rings (SSSR count). The quantitative estimate of drug-likeness (QED) is 0.747. The second-order valence-corrected chi connectivity index (χ2v) is 6.12. The molecule has 1 atom stereocenters. The molecule has 108 valence electrons. The van der Waals surface area contributed by atoms with E-state index in [0.29, 0.717) is 6.42 Å². The zero-order valence-corrected chi connectivity index (χ0v) is 12.4. The lowest BCUT2D eigenvalue weighted by Crippen LogP contribution is -2.35. The molecule has 1 aliphatic heterocycles. The summed E-state index contributed by atoms with van der Waals surface area (Å²) in [5.74, 6) is -0.797. The number of carbonyl (C=O) groups is 1. The van der Waals surface area contributed by atoms with Gasteiger partial charge in [0.15, 0.2) is 0 Å². The van der Waals surface area contributed by atoms with Crippen molar-refractivity contribution in [1.29, 1.82) is 0 Å². The highest BCUT2D eigenvalue weighted by atomic mass is 32.1. The topological polar surface area (TPSA) is 49.3 Å². The number of hydrogen-bond donors (Lipinski definition) is 3. The summed E-state index contributed by atoms with van der Waals surface area (Å²) < 4.78 is 0. The molecule has 1 aromatic carbocycles. The van der Waals surface area contributed by atoms with Crippen molar-refractivity contribution in [2.24, 2.45) is 0 Å². The number of carboxylic acids is 1. The number of thiol groups is 1. The van der Waals surface area contributed by atoms with Crippen molar-refractivity contribution in [2.75, 3.05) is 0 Å². The van der Waals surface area contributed by atoms with Crippen molar-refractivity contribution in [3.8, 4) is 0 Å². The molecule has 0 aromatic heterocycles. The van der Waals surface area contributed by atoms with Gasteiger partial charge >= 0.3 is 5.97 Å². The average Bonchev–Trinajstić information content (AvgIpc) is 2.84. The van der Waals surface area contributed by atoms with E-state index in [9.17, 15) is 4.79 Å². The van der Waals surface area contributed by atoms with Crippen LogP contribution in [0.3, 0.4) is 0 Å². The third-order valence-electron chi connectivity index (χ3n) is 3.93. The molecule has 0 saturated carbocycles. The van der Waals surface area contributed by atoms with Crippen LogP contribution in [-0.2, 0) is 4.79 Å². The van der Waals surface area contributed by atoms with Crippen LogP contribution in [0, 0.1) is 0 Å². The van der Waals surface area contributed by atoms with Crippen LogP contribution >= 0.6 is 12.6 Å². The first kappa shape index (κ1) is 14.0. The molecular formula is C17H17NO2S. The van der Waals surface area contributed by atoms with E-state index in [0.717, 1.165) is 12.0 Å². The van der Waals surface area contributed by atoms with E-state index in [1.54, 1.807) is 0 Å². The van der Waals surface area contributed by atoms with E-state index in [4.69, 9.17) is 17.7 Å². The predicted octanol–water partition coefficient (Wildman–Crippen LogP) is 3.38. The van der Waals surface area contributed by atoms with Crippen LogP contribution in [0.2, 0.25) is 0 Å². The molecule has 2 aliphatic rings. The molecule has 1 heterocycles. The van der Waals surface area contributed by atoms with Gasteiger partial charge < -0.3 is 10.4 Å². The number of aliphatic carboxylic acids is 1. The maximum absolute atomic E-state index is 10.8. The van der Waals surface area contributed by atoms with Gasteiger partial charge in [0, 0.05) is 12.6 Å². The van der Waals surface area contributed by atoms with Crippen molar-refractivity contribution in [1.82, 2.24) is 5.32 Å². The number of hydrogen-bond acceptors (Lipinski definition) is 3. The van der Waals surface area contributed by atoms with Crippen molar-refractivity contribution in [2.45, 2.75) is 24.1 Å². The van der Waals surface area contributed by atoms with E-state index < -0.39 is 10.8 Å². The average molecular weight is 299 g/mol. The molecule has 0 unspecified atom stereocenters. The SMILES string of the molecule is O=C(O)CC[C@@]1(S)NC=C2CC=C(c3ccccc3)C=C21. The fourth-order valence-electron chi connectivity index (χ4n) is 2.77. The first-order chi connectivity index (χ1) is 10.1. The molecule has 0 saturated heterocycles. The van der Waals surface area contributed by atoms with E-state index in [1.807, 2.05) is 24.4 Å². The summed E-state index contributed by atoms with van der Waals surface area (Å²) >= 11 is 4.71. The Labute approximate surface area is 129 Å². The minimum Gasteiger partial charge on any atom is -0.481 e. The Morgan fingerprint density at radius 3 is 2.81 bits per heavy atom. The molecule has 3 nitrogen and oxygen atoms in total. The Morgan fingerprint density at radius 2 is 2.10 bits per heavy atom. The monoisotopic (exact) mass is 299 g/mol. The fraction of sp³-hybridized carbons (Fsp3) is 0.235. The van der Waals surface area contributed by atoms with Crippen LogP contribution in [0.5, 0.6) is 0 Å². The Morgan fingerprint density at radius 1 is 1.33 bits per heavy atom. The van der Waals surface area contributed by atoms with Crippen LogP contribution in [0.15, 0.2) is 59.8 Å². The Bertz CT molecular complexity index is 661. The second kappa shape index (κ2) is 5.45. The summed E-state index contributed by atoms with van der Waals surface area (Å²) in [6, 6.07) is 10.2. The number of benzene rings is 1. The van der Waals surface area contributed by atoms with Gasteiger partial charge in [-0.3, -0.25) is 4.79 Å². The summed E-state index contributed by atoms with van der Waals surface area (Å²) in [6.45, 7) is 0. The van der Waals surface area contributed by atoms with E-state index in [2.05, 4.69) is 29.6 Å². The molecule has 1 aromatic rings. The smallest absolute Gasteiger partial charge is 0.303 e. The first-order valence-corrected chi connectivity index (χ1v) is 7.42. The van der Waals surface area contributed by atoms with Crippen molar-refractivity contribution in [3.05, 3.63) is 65.4 Å². The lowest BCUT2D eigenvalue weighted by Gasteiger charge is -2.28. The Kier molecular flexibility index (Phi) is 3.64. The molecule has 4 heteroatoms. The maximum Gasteiger partial charge on any atom is 0.303 e. The number of nitrogens with one attached hydrogen (secondary N) is 1. The Hall–Kier alpha value is -1.94. The molecular weight excluding hydrogens is 282 g/mol. The molecule has 0 spiro atoms. The van der Waals surface area contributed by atoms with Gasteiger partial charge in [-0.25, -0.2) is 0 Å². The Balaban J connectivity index is 1.89. The van der Waals surface area contributed by atoms with E-state index in [-0.39, 0.29) is 6.42 Å². The minimum atomic E-state index is -0.797. The van der Waals surface area contributed by atoms with Crippen molar-refractivity contribution in [3.63, 3.8) is 0 Å². The molecule has 1 aliphatic carbocycles. The van der Waals surface area contributed by atoms with Crippen LogP contribution in [0.1, 0.15) is 24.8 Å². The lowest BCUT2D eigenvalue weighted by molar-refractivity contribution is -0.137. The number of allylic oxidation sites excluding steroid dienone is 3. The molecule has 21 heavy (non-hydrogen) atoms. The predicted molar refractivity (Wildman–Crippen MR) is 86.9 cm³/mol. The van der Waals surface area contributed by atoms with Gasteiger partial charge in [-0.15, -0.1) is 12.6 Å². The van der Waals surface area contributed by atoms with E-state index in [1.165, 1.54) is 16.7 Å². The van der Waals surface area contributed by atoms with Gasteiger partial charge in [-0.05, 0) is 41.2 Å². The zero-order chi connectivity index (χ0) is 14.9. The molecule has 2 N–H and O–H groups in total. The minimum absolute atomic E-state index is 0.0966. The van der Waals surface area contributed by atoms with Crippen molar-refractivity contribution >= 4 is 24.2 Å². The molecule has 0 bridgehead atoms. The highest BCUT2D eigenvalue weighted by Gasteiger charge is 2.37. The number of carboxylic acid groups (broad SMARTS) is 1. The summed E-state index contributed by atoms with van der Waals surface area (Å²) in [7, 11) is 0. The van der Waals surface area contributed by atoms with Gasteiger partial charge in [0.25, 0.3) is 0 Å². The van der Waals surface area contributed by atoms with Crippen LogP contribution < -0.4 is 5.32 Å². The summed E-state index contributed by atoms with van der Waals surface area (Å²) in [6.07, 6.45) is 7.68. The molecule has 0 amide bonds. The van der Waals surface area contributed by atoms with Gasteiger partial charge in [0.1, 0.15) is 4.87 Å². The van der Waals surface area contributed by atoms with E-state index >= 15 is 0 Å². The van der Waals surface area contributed by atoms with Crippen LogP contribution in [0.4, 0.5) is 0 Å². The maximum atomic E-state index is 10.8. The number of rotatable bonds is 4. The zero-order valence-electron chi connectivity index (χ0n) is 11.5. The lowest BCUT2D eigenvalue weighted by atomic mass is 9.87. The van der Waals surface area contributed by atoms with Crippen LogP contribution in [-0.4, -0.2) is 15.9 Å². The largest absolute Gasteiger partial charge is 0.481 e. The highest BCUT2D eigenvalue weighted by molar-refractivity contribution is 7.82. The normalized spacial score (nSPS) is 23.6. The highest BCUT2D eigenvalue weighted by Crippen LogP contribution is 2.42. The van der Waals surface area contributed by atoms with Gasteiger partial charge in [-0.2, -0.15) is 0 Å². The van der Waals surface area contributed by atoms with Gasteiger partial charge in [0.2, 0.25) is 0 Å². The number of fused-ring (bicyclic) bond motifs is 1. The summed E-state index contributed by atoms with van der Waals surface area (Å²) in [4.78, 5) is 10.3. The summed E-state index contributed by atoms with van der Waals surface area (Å²) in [5, 5.41) is 12.1. The van der Waals surface area contributed by atoms with Crippen LogP contribution in [0.25, 0.3) is 5.57 Å². The summed E-state index contributed by atoms with van der Waals surface area (Å²) in [5.41, 5.74) is 4.62. The fourth-order valence-corrected chi connectivity index (χ4v) is 3.15. The van der Waals surface area contributed by atoms with Crippen molar-refractivity contribution < 1.29 is 9.90 Å². The standard InChI is InChI=1S/C17H17NO2S/c19-16(20)8-9-17(21)15-10-13(6-7-14(15)11-18-17)12-4-2-1-3-5-12/h1-6,10-11,18,21H,7-9H2,(H,19,20)/t17-/m0/s1. The molecule has 0 radical (unpaired) electrons. The molecule has 0 fully saturated rings. The third kappa shape index (κ3) is 2.76. The second-order valence-electron chi connectivity index (χ2n) is 5.36. The van der Waals surface area contributed by atoms with Gasteiger partial charge in [0.05, 0.1) is 0 Å². The first-order valence-electron chi connectivity index (χ1n) is 6.97. The van der Waals surface area contributed by atoms with Gasteiger partial charge in [-0.1, -0.05) is 36.4 Å². The third-order valence-corrected chi connectivity index (χ3v) is 4.52.